The van der Waals surface area contributed by atoms with Crippen LogP contribution in [-0.4, -0.2) is 75.7 Å². The normalized spacial score (nSPS) is 16.8. The van der Waals surface area contributed by atoms with Gasteiger partial charge in [0.1, 0.15) is 0 Å². The number of rotatable bonds is 11. The van der Waals surface area contributed by atoms with Gasteiger partial charge in [-0.15, -0.1) is 0 Å². The Kier molecular flexibility index (Phi) is 9.59. The molecule has 0 saturated carbocycles. The molecule has 0 radical (unpaired) electrons. The summed E-state index contributed by atoms with van der Waals surface area (Å²) in [4.78, 5) is 17.0. The fraction of sp³-hybridized carbons (Fsp3) is 0.682. The maximum absolute atomic E-state index is 12.1. The number of unbranched alkanes of at least 4 members (excludes halogenated alkanes) is 1. The Hall–Kier alpha value is -1.44. The highest BCUT2D eigenvalue weighted by Gasteiger charge is 2.17. The zero-order valence-corrected chi connectivity index (χ0v) is 19.0. The zero-order valence-electron chi connectivity index (χ0n) is 18.2. The Morgan fingerprint density at radius 2 is 1.86 bits per heavy atom. The third-order valence-electron chi connectivity index (χ3n) is 5.57. The molecule has 2 rings (SSSR count). The summed E-state index contributed by atoms with van der Waals surface area (Å²) in [5.74, 6) is 0.270. The molecule has 1 aromatic carbocycles. The smallest absolute Gasteiger partial charge is 0.223 e. The second kappa shape index (κ2) is 11.7. The van der Waals surface area contributed by atoms with Crippen molar-refractivity contribution in [2.45, 2.75) is 56.9 Å². The van der Waals surface area contributed by atoms with Crippen LogP contribution in [-0.2, 0) is 21.1 Å². The number of hydrogen-bond donors (Lipinski definition) is 1. The van der Waals surface area contributed by atoms with Crippen molar-refractivity contribution in [2.24, 2.45) is 0 Å². The first-order valence-electron chi connectivity index (χ1n) is 10.8. The van der Waals surface area contributed by atoms with E-state index in [1.54, 1.807) is 12.1 Å². The maximum Gasteiger partial charge on any atom is 0.223 e. The zero-order chi connectivity index (χ0) is 21.3. The minimum absolute atomic E-state index is 0.270. The number of benzene rings is 1. The topological polar surface area (TPSA) is 69.7 Å². The van der Waals surface area contributed by atoms with Gasteiger partial charge < -0.3 is 15.1 Å². The molecule has 1 aromatic rings. The molecular formula is C22H37N3O3S. The first kappa shape index (κ1) is 23.8. The molecule has 1 amide bonds. The molecule has 1 heterocycles. The van der Waals surface area contributed by atoms with Crippen LogP contribution < -0.4 is 5.32 Å². The highest BCUT2D eigenvalue weighted by Crippen LogP contribution is 2.15. The maximum atomic E-state index is 12.1. The lowest BCUT2D eigenvalue weighted by atomic mass is 10.1. The van der Waals surface area contributed by atoms with Gasteiger partial charge in [-0.25, -0.2) is 8.42 Å². The summed E-state index contributed by atoms with van der Waals surface area (Å²) < 4.78 is 23.2. The second-order valence-electron chi connectivity index (χ2n) is 8.09. The van der Waals surface area contributed by atoms with Gasteiger partial charge >= 0.3 is 0 Å². The molecule has 0 spiro atoms. The van der Waals surface area contributed by atoms with Crippen LogP contribution in [0.15, 0.2) is 29.2 Å². The molecule has 164 valence electrons. The van der Waals surface area contributed by atoms with Gasteiger partial charge in [0, 0.05) is 44.9 Å². The Morgan fingerprint density at radius 3 is 2.52 bits per heavy atom. The molecule has 0 bridgehead atoms. The summed E-state index contributed by atoms with van der Waals surface area (Å²) in [7, 11) is -3.15. The minimum atomic E-state index is -3.15. The predicted octanol–water partition coefficient (Wildman–Crippen LogP) is 2.34. The van der Waals surface area contributed by atoms with E-state index in [0.29, 0.717) is 17.4 Å². The van der Waals surface area contributed by atoms with E-state index in [2.05, 4.69) is 24.1 Å². The Morgan fingerprint density at radius 1 is 1.14 bits per heavy atom. The summed E-state index contributed by atoms with van der Waals surface area (Å²) in [5, 5.41) is 3.28. The average molecular weight is 424 g/mol. The first-order chi connectivity index (χ1) is 13.8. The fourth-order valence-corrected chi connectivity index (χ4v) is 4.48. The standard InChI is InChI=1S/C22H37N3O3S/c1-4-14-24(15-5-6-16-25-17-13-23-12-11-22(25)26)19(2)18-20-7-9-21(10-8-20)29(3,27)28/h7-10,19,23H,4-6,11-18H2,1-3H3/t19-/m0/s1. The monoisotopic (exact) mass is 423 g/mol. The lowest BCUT2D eigenvalue weighted by molar-refractivity contribution is -0.130. The van der Waals surface area contributed by atoms with Crippen molar-refractivity contribution in [1.82, 2.24) is 15.1 Å². The predicted molar refractivity (Wildman–Crippen MR) is 118 cm³/mol. The van der Waals surface area contributed by atoms with E-state index in [9.17, 15) is 13.2 Å². The van der Waals surface area contributed by atoms with Crippen molar-refractivity contribution < 1.29 is 13.2 Å². The molecule has 1 aliphatic heterocycles. The summed E-state index contributed by atoms with van der Waals surface area (Å²) >= 11 is 0. The lowest BCUT2D eigenvalue weighted by Gasteiger charge is -2.29. The van der Waals surface area contributed by atoms with Crippen LogP contribution >= 0.6 is 0 Å². The minimum Gasteiger partial charge on any atom is -0.341 e. The number of carbonyl (C=O) groups is 1. The summed E-state index contributed by atoms with van der Waals surface area (Å²) in [6.07, 6.45) is 5.96. The quantitative estimate of drug-likeness (QED) is 0.553. The Labute approximate surface area is 176 Å². The third kappa shape index (κ3) is 8.07. The van der Waals surface area contributed by atoms with Crippen LogP contribution in [0.3, 0.4) is 0 Å². The van der Waals surface area contributed by atoms with E-state index < -0.39 is 9.84 Å². The highest BCUT2D eigenvalue weighted by atomic mass is 32.2. The van der Waals surface area contributed by atoms with Crippen molar-refractivity contribution >= 4 is 15.7 Å². The average Bonchev–Trinajstić information content (AvgIpc) is 2.88. The molecule has 0 unspecified atom stereocenters. The van der Waals surface area contributed by atoms with Gasteiger partial charge in [0.2, 0.25) is 5.91 Å². The Balaban J connectivity index is 1.82. The van der Waals surface area contributed by atoms with E-state index in [-0.39, 0.29) is 5.91 Å². The highest BCUT2D eigenvalue weighted by molar-refractivity contribution is 7.90. The molecule has 1 aliphatic rings. The van der Waals surface area contributed by atoms with Gasteiger partial charge in [0.05, 0.1) is 4.90 Å². The van der Waals surface area contributed by atoms with Crippen molar-refractivity contribution in [2.75, 3.05) is 45.5 Å². The van der Waals surface area contributed by atoms with Crippen LogP contribution in [0.5, 0.6) is 0 Å². The van der Waals surface area contributed by atoms with Gasteiger partial charge in [-0.3, -0.25) is 4.79 Å². The summed E-state index contributed by atoms with van der Waals surface area (Å²) in [6.45, 7) is 9.86. The summed E-state index contributed by atoms with van der Waals surface area (Å²) in [5.41, 5.74) is 1.16. The number of carbonyl (C=O) groups excluding carboxylic acids is 1. The molecule has 29 heavy (non-hydrogen) atoms. The van der Waals surface area contributed by atoms with E-state index in [0.717, 1.165) is 70.5 Å². The molecule has 1 atom stereocenters. The van der Waals surface area contributed by atoms with Crippen LogP contribution in [0.2, 0.25) is 0 Å². The van der Waals surface area contributed by atoms with Gasteiger partial charge in [-0.05, 0) is 63.4 Å². The van der Waals surface area contributed by atoms with E-state index in [4.69, 9.17) is 0 Å². The van der Waals surface area contributed by atoms with Crippen LogP contribution in [0.1, 0.15) is 45.1 Å². The van der Waals surface area contributed by atoms with Crippen LogP contribution in [0, 0.1) is 0 Å². The van der Waals surface area contributed by atoms with Gasteiger partial charge in [-0.1, -0.05) is 19.1 Å². The van der Waals surface area contributed by atoms with E-state index in [1.165, 1.54) is 6.26 Å². The molecule has 1 saturated heterocycles. The van der Waals surface area contributed by atoms with Crippen LogP contribution in [0.25, 0.3) is 0 Å². The third-order valence-corrected chi connectivity index (χ3v) is 6.70. The molecular weight excluding hydrogens is 386 g/mol. The number of nitrogens with zero attached hydrogens (tertiary/aromatic N) is 2. The molecule has 0 aliphatic carbocycles. The number of nitrogens with one attached hydrogen (secondary N) is 1. The SMILES string of the molecule is CCCN(CCCCN1CCNCCC1=O)[C@@H](C)Cc1ccc(S(C)(=O)=O)cc1. The number of amides is 1. The van der Waals surface area contributed by atoms with Crippen molar-refractivity contribution in [1.29, 1.82) is 0 Å². The van der Waals surface area contributed by atoms with E-state index >= 15 is 0 Å². The Bertz CT molecular complexity index is 734. The fourth-order valence-electron chi connectivity index (χ4n) is 3.85. The molecule has 1 N–H and O–H groups in total. The van der Waals surface area contributed by atoms with Crippen LogP contribution in [0.4, 0.5) is 0 Å². The molecule has 7 heteroatoms. The van der Waals surface area contributed by atoms with Crippen molar-refractivity contribution in [3.63, 3.8) is 0 Å². The lowest BCUT2D eigenvalue weighted by Crippen LogP contribution is -2.37. The van der Waals surface area contributed by atoms with E-state index in [1.807, 2.05) is 17.0 Å². The molecule has 1 fully saturated rings. The largest absolute Gasteiger partial charge is 0.341 e. The summed E-state index contributed by atoms with van der Waals surface area (Å²) in [6, 6.07) is 7.65. The number of sulfone groups is 1. The van der Waals surface area contributed by atoms with Gasteiger partial charge in [-0.2, -0.15) is 0 Å². The molecule has 0 aromatic heterocycles. The number of hydrogen-bond acceptors (Lipinski definition) is 5. The molecule has 6 nitrogen and oxygen atoms in total. The van der Waals surface area contributed by atoms with Crippen molar-refractivity contribution in [3.05, 3.63) is 29.8 Å². The second-order valence-corrected chi connectivity index (χ2v) is 10.1. The van der Waals surface area contributed by atoms with Gasteiger partial charge in [0.25, 0.3) is 0 Å². The first-order valence-corrected chi connectivity index (χ1v) is 12.7. The van der Waals surface area contributed by atoms with Gasteiger partial charge in [0.15, 0.2) is 9.84 Å². The van der Waals surface area contributed by atoms with Crippen molar-refractivity contribution in [3.8, 4) is 0 Å².